The Morgan fingerprint density at radius 1 is 0.714 bits per heavy atom. The number of hydrogen-bond donors (Lipinski definition) is 1. The molecule has 14 heavy (non-hydrogen) atoms. The molecule has 0 saturated heterocycles. The van der Waals surface area contributed by atoms with Gasteiger partial charge in [0.2, 0.25) is 0 Å². The average molecular weight is 201 g/mol. The van der Waals surface area contributed by atoms with Gasteiger partial charge in [0.15, 0.2) is 0 Å². The Bertz CT molecular complexity index is 114. The van der Waals surface area contributed by atoms with Crippen LogP contribution in [0.2, 0.25) is 0 Å². The second-order valence-corrected chi connectivity index (χ2v) is 6.68. The van der Waals surface area contributed by atoms with Gasteiger partial charge in [0.05, 0.1) is 0 Å². The molecule has 1 nitrogen and oxygen atoms in total. The molecular weight excluding hydrogens is 170 g/mol. The van der Waals surface area contributed by atoms with E-state index in [-0.39, 0.29) is 5.41 Å². The minimum atomic E-state index is 0.278. The molecule has 2 N–H and O–H groups in total. The van der Waals surface area contributed by atoms with Crippen molar-refractivity contribution in [1.82, 2.24) is 0 Å². The summed E-state index contributed by atoms with van der Waals surface area (Å²) in [5.41, 5.74) is 6.35. The standard InChI is InChI=1S/C7H16.C6H15N/c1-6(2)7(3,4)5;1-5(7)6(2,3)4/h6H,1-5H3;5H,7H2,1-4H3/t;5-/m.1/s1. The number of rotatable bonds is 0. The lowest BCUT2D eigenvalue weighted by molar-refractivity contribution is 0.283. The van der Waals surface area contributed by atoms with E-state index >= 15 is 0 Å². The van der Waals surface area contributed by atoms with E-state index in [4.69, 9.17) is 5.73 Å². The highest BCUT2D eigenvalue weighted by Crippen LogP contribution is 2.23. The van der Waals surface area contributed by atoms with Crippen LogP contribution in [-0.2, 0) is 0 Å². The van der Waals surface area contributed by atoms with Crippen LogP contribution in [0.4, 0.5) is 0 Å². The van der Waals surface area contributed by atoms with Crippen LogP contribution in [-0.4, -0.2) is 6.04 Å². The van der Waals surface area contributed by atoms with E-state index in [1.807, 2.05) is 6.92 Å². The highest BCUT2D eigenvalue weighted by Gasteiger charge is 2.14. The molecule has 0 aromatic carbocycles. The van der Waals surface area contributed by atoms with Crippen LogP contribution in [0.25, 0.3) is 0 Å². The second kappa shape index (κ2) is 5.75. The quantitative estimate of drug-likeness (QED) is 0.628. The van der Waals surface area contributed by atoms with E-state index in [0.29, 0.717) is 11.5 Å². The predicted octanol–water partition coefficient (Wildman–Crippen LogP) is 4.07. The molecule has 0 aromatic heterocycles. The molecule has 0 amide bonds. The summed E-state index contributed by atoms with van der Waals surface area (Å²) >= 11 is 0. The van der Waals surface area contributed by atoms with Crippen molar-refractivity contribution in [3.8, 4) is 0 Å². The van der Waals surface area contributed by atoms with Gasteiger partial charge in [-0.3, -0.25) is 0 Å². The summed E-state index contributed by atoms with van der Waals surface area (Å²) in [6.45, 7) is 19.7. The topological polar surface area (TPSA) is 26.0 Å². The third-order valence-corrected chi connectivity index (χ3v) is 3.10. The number of nitrogens with two attached hydrogens (primary N) is 1. The molecule has 0 heterocycles. The fraction of sp³-hybridized carbons (Fsp3) is 1.00. The smallest absolute Gasteiger partial charge is 0.00591 e. The minimum absolute atomic E-state index is 0.278. The van der Waals surface area contributed by atoms with Crippen molar-refractivity contribution in [3.63, 3.8) is 0 Å². The maximum absolute atomic E-state index is 5.57. The third-order valence-electron chi connectivity index (χ3n) is 3.10. The van der Waals surface area contributed by atoms with Crippen LogP contribution in [0, 0.1) is 16.7 Å². The van der Waals surface area contributed by atoms with Gasteiger partial charge in [0.25, 0.3) is 0 Å². The third kappa shape index (κ3) is 10.0. The maximum Gasteiger partial charge on any atom is 0.00591 e. The van der Waals surface area contributed by atoms with Crippen LogP contribution in [0.15, 0.2) is 0 Å². The van der Waals surface area contributed by atoms with Crippen LogP contribution < -0.4 is 5.73 Å². The fourth-order valence-electron chi connectivity index (χ4n) is 0. The summed E-state index contributed by atoms with van der Waals surface area (Å²) in [6, 6.07) is 0.299. The Kier molecular flexibility index (Phi) is 6.73. The van der Waals surface area contributed by atoms with E-state index < -0.39 is 0 Å². The molecule has 0 spiro atoms. The Morgan fingerprint density at radius 3 is 0.857 bits per heavy atom. The van der Waals surface area contributed by atoms with Crippen LogP contribution >= 0.6 is 0 Å². The van der Waals surface area contributed by atoms with Crippen molar-refractivity contribution in [2.45, 2.75) is 68.4 Å². The van der Waals surface area contributed by atoms with Crippen molar-refractivity contribution in [3.05, 3.63) is 0 Å². The van der Waals surface area contributed by atoms with Gasteiger partial charge in [-0.1, -0.05) is 55.4 Å². The molecule has 88 valence electrons. The lowest BCUT2D eigenvalue weighted by Crippen LogP contribution is -2.31. The molecule has 0 fully saturated rings. The highest BCUT2D eigenvalue weighted by atomic mass is 14.6. The fourth-order valence-corrected chi connectivity index (χ4v) is 0. The Balaban J connectivity index is 0. The van der Waals surface area contributed by atoms with Gasteiger partial charge in [0, 0.05) is 6.04 Å². The zero-order chi connectivity index (χ0) is 12.2. The van der Waals surface area contributed by atoms with Crippen LogP contribution in [0.5, 0.6) is 0 Å². The van der Waals surface area contributed by atoms with Gasteiger partial charge in [-0.2, -0.15) is 0 Å². The molecule has 0 radical (unpaired) electrons. The van der Waals surface area contributed by atoms with E-state index in [1.54, 1.807) is 0 Å². The Morgan fingerprint density at radius 2 is 0.857 bits per heavy atom. The first-order chi connectivity index (χ1) is 5.89. The van der Waals surface area contributed by atoms with Gasteiger partial charge in [-0.25, -0.2) is 0 Å². The summed E-state index contributed by atoms with van der Waals surface area (Å²) in [7, 11) is 0. The molecule has 0 aliphatic carbocycles. The predicted molar refractivity (Wildman–Crippen MR) is 67.4 cm³/mol. The summed E-state index contributed by atoms with van der Waals surface area (Å²) in [5.74, 6) is 0.799. The molecular formula is C13H31N. The number of hydrogen-bond acceptors (Lipinski definition) is 1. The van der Waals surface area contributed by atoms with Crippen LogP contribution in [0.3, 0.4) is 0 Å². The Labute approximate surface area is 91.5 Å². The minimum Gasteiger partial charge on any atom is -0.327 e. The van der Waals surface area contributed by atoms with Crippen molar-refractivity contribution < 1.29 is 0 Å². The Hall–Kier alpha value is -0.0400. The van der Waals surface area contributed by atoms with Gasteiger partial charge in [-0.05, 0) is 23.7 Å². The average Bonchev–Trinajstić information content (AvgIpc) is 1.83. The molecule has 0 unspecified atom stereocenters. The van der Waals surface area contributed by atoms with E-state index in [2.05, 4.69) is 55.4 Å². The maximum atomic E-state index is 5.57. The molecule has 0 aliphatic rings. The lowest BCUT2D eigenvalue weighted by atomic mass is 9.84. The molecule has 0 aliphatic heterocycles. The van der Waals surface area contributed by atoms with Gasteiger partial charge in [0.1, 0.15) is 0 Å². The van der Waals surface area contributed by atoms with Crippen molar-refractivity contribution in [2.24, 2.45) is 22.5 Å². The summed E-state index contributed by atoms with van der Waals surface area (Å²) in [4.78, 5) is 0. The van der Waals surface area contributed by atoms with Gasteiger partial charge >= 0.3 is 0 Å². The normalized spacial score (nSPS) is 14.8. The first kappa shape index (κ1) is 16.4. The SMILES string of the molecule is CC(C)C(C)(C)C.C[C@@H](N)C(C)(C)C. The molecule has 1 atom stereocenters. The van der Waals surface area contributed by atoms with E-state index in [1.165, 1.54) is 0 Å². The summed E-state index contributed by atoms with van der Waals surface area (Å²) in [5, 5.41) is 0. The van der Waals surface area contributed by atoms with Gasteiger partial charge in [-0.15, -0.1) is 0 Å². The monoisotopic (exact) mass is 201 g/mol. The first-order valence-electron chi connectivity index (χ1n) is 5.64. The summed E-state index contributed by atoms with van der Waals surface area (Å²) < 4.78 is 0. The highest BCUT2D eigenvalue weighted by molar-refractivity contribution is 4.71. The molecule has 1 heteroatoms. The molecule has 0 bridgehead atoms. The molecule has 0 aromatic rings. The molecule has 0 saturated carbocycles. The lowest BCUT2D eigenvalue weighted by Gasteiger charge is -2.22. The van der Waals surface area contributed by atoms with Crippen molar-refractivity contribution >= 4 is 0 Å². The summed E-state index contributed by atoms with van der Waals surface area (Å²) in [6.07, 6.45) is 0. The zero-order valence-electron chi connectivity index (χ0n) is 11.7. The largest absolute Gasteiger partial charge is 0.327 e. The molecule has 0 rings (SSSR count). The van der Waals surface area contributed by atoms with E-state index in [9.17, 15) is 0 Å². The zero-order valence-corrected chi connectivity index (χ0v) is 11.7. The van der Waals surface area contributed by atoms with E-state index in [0.717, 1.165) is 5.92 Å². The first-order valence-corrected chi connectivity index (χ1v) is 5.64. The van der Waals surface area contributed by atoms with Crippen molar-refractivity contribution in [2.75, 3.05) is 0 Å². The van der Waals surface area contributed by atoms with Crippen molar-refractivity contribution in [1.29, 1.82) is 0 Å². The van der Waals surface area contributed by atoms with Crippen LogP contribution in [0.1, 0.15) is 62.3 Å². The second-order valence-electron chi connectivity index (χ2n) is 6.68. The van der Waals surface area contributed by atoms with Gasteiger partial charge < -0.3 is 5.73 Å².